The van der Waals surface area contributed by atoms with Gasteiger partial charge >= 0.3 is 11.9 Å². The second kappa shape index (κ2) is 23.9. The van der Waals surface area contributed by atoms with Gasteiger partial charge in [-0.1, -0.05) is 53.2 Å². The van der Waals surface area contributed by atoms with Gasteiger partial charge in [0.05, 0.1) is 56.9 Å². The van der Waals surface area contributed by atoms with Crippen molar-refractivity contribution in [2.45, 2.75) is 253 Å². The van der Waals surface area contributed by atoms with Crippen LogP contribution in [0, 0.1) is 50.2 Å². The van der Waals surface area contributed by atoms with Crippen molar-refractivity contribution < 1.29 is 149 Å². The molecule has 34 unspecified atom stereocenters. The molecule has 0 spiro atoms. The monoisotopic (exact) mass is 1250 g/mol. The molecule has 9 fully saturated rings. The van der Waals surface area contributed by atoms with Crippen LogP contribution in [0.4, 0.5) is 0 Å². The van der Waals surface area contributed by atoms with E-state index in [1.807, 2.05) is 40.7 Å². The molecule has 0 aromatic heterocycles. The smallest absolute Gasteiger partial charge is 0.335 e. The van der Waals surface area contributed by atoms with E-state index in [4.69, 9.17) is 47.4 Å². The third-order valence-corrected chi connectivity index (χ3v) is 22.5. The quantitative estimate of drug-likeness (QED) is 0.0464. The topological polar surface area (TPSA) is 491 Å². The van der Waals surface area contributed by atoms with Gasteiger partial charge in [0.15, 0.2) is 43.7 Å². The molecule has 0 bridgehead atoms. The van der Waals surface area contributed by atoms with Crippen LogP contribution in [0.3, 0.4) is 0 Å². The van der Waals surface area contributed by atoms with Crippen molar-refractivity contribution in [2.24, 2.45) is 50.2 Å². The van der Waals surface area contributed by atoms with E-state index in [-0.39, 0.29) is 25.7 Å². The molecule has 0 aromatic rings. The third-order valence-electron chi connectivity index (χ3n) is 22.5. The summed E-state index contributed by atoms with van der Waals surface area (Å²) in [5.74, 6) is -4.69. The average Bonchev–Trinajstić information content (AvgIpc) is 0.947. The average molecular weight is 1260 g/mol. The first-order valence-electron chi connectivity index (χ1n) is 29.9. The number of allylic oxidation sites excluding steroid dienone is 2. The number of fused-ring (bicyclic) bond motifs is 7. The van der Waals surface area contributed by atoms with Crippen LogP contribution in [-0.4, -0.2) is 290 Å². The molecule has 0 aromatic carbocycles. The molecular formula is C57H90O30. The maximum Gasteiger partial charge on any atom is 0.335 e. The van der Waals surface area contributed by atoms with Gasteiger partial charge in [-0.3, -0.25) is 4.79 Å². The predicted octanol–water partition coefficient (Wildman–Crippen LogP) is -5.97. The highest BCUT2D eigenvalue weighted by Gasteiger charge is 2.75. The fraction of sp³-hybridized carbons (Fsp3) is 0.930. The minimum absolute atomic E-state index is 0.0564. The Morgan fingerprint density at radius 3 is 1.89 bits per heavy atom. The summed E-state index contributed by atoms with van der Waals surface area (Å²) in [5, 5.41) is 200. The number of hydrogen-bond donors (Lipinski definition) is 18. The number of carbonyl (C=O) groups is 2. The number of carbonyl (C=O) groups excluding carboxylic acids is 1. The number of ether oxygens (including phenoxy) is 10. The predicted molar refractivity (Wildman–Crippen MR) is 283 cm³/mol. The van der Waals surface area contributed by atoms with E-state index in [2.05, 4.69) is 0 Å². The number of aliphatic carboxylic acids is 1. The molecule has 0 radical (unpaired) electrons. The molecule has 30 nitrogen and oxygen atoms in total. The number of carboxylic acids is 1. The van der Waals surface area contributed by atoms with Gasteiger partial charge in [-0.15, -0.1) is 0 Å². The Kier molecular flexibility index (Phi) is 18.5. The fourth-order valence-corrected chi connectivity index (χ4v) is 17.6. The molecule has 5 saturated heterocycles. The highest BCUT2D eigenvalue weighted by Crippen LogP contribution is 2.76. The standard InChI is InChI=1S/C57H90O30/c1-20-36(81-45-35(71)37(25(62)16-78-45)82-49-41(72)56(77,18-59)19-79-49)31(67)34(70)46(80-20)84-39-30(66)32(68)44(75)86-48(39)87-50(76)57-11-10-51(2,3)12-22(57)21-8-9-26-52(4)13-24(61)42(85-47-33(69)28(64)29(65)38(83-47)43(73)74)53(5,17-58)40(52)23(60)14-55(26,7)54(21,6)15-27(57)63/h8,20,22-42,44-49,58-72,75,77H,9-19H2,1-7H3,(H,73,74). The fourth-order valence-electron chi connectivity index (χ4n) is 17.6. The van der Waals surface area contributed by atoms with Crippen LogP contribution in [0.1, 0.15) is 93.4 Å². The molecule has 498 valence electrons. The van der Waals surface area contributed by atoms with Crippen LogP contribution < -0.4 is 0 Å². The minimum Gasteiger partial charge on any atom is -0.479 e. The van der Waals surface area contributed by atoms with Gasteiger partial charge in [0.2, 0.25) is 6.29 Å². The first-order valence-corrected chi connectivity index (χ1v) is 29.9. The summed E-state index contributed by atoms with van der Waals surface area (Å²) in [5.41, 5.74) is -7.94. The number of esters is 1. The number of rotatable bonds is 13. The number of aliphatic hydroxyl groups is 17. The molecule has 18 N–H and O–H groups in total. The summed E-state index contributed by atoms with van der Waals surface area (Å²) < 4.78 is 57.6. The van der Waals surface area contributed by atoms with Gasteiger partial charge in [0.25, 0.3) is 0 Å². The van der Waals surface area contributed by atoms with E-state index in [0.717, 1.165) is 5.57 Å². The first kappa shape index (κ1) is 67.5. The SMILES string of the molecule is CC1OC(OC2C(OC(=O)C34CCC(C)(C)CC3C3=CCC5C6(C)CC(O)C(OC7OC(C(=O)O)C(O)C(O)C7O)C(C)(CO)C6C(O)CC5(C)C3(C)CC4O)OC(O)C(O)C2O)C(O)C(O)C1OC1OCC(O)C(OC2OCC(O)(CO)C2O)C1O. The molecule has 5 heterocycles. The van der Waals surface area contributed by atoms with Gasteiger partial charge in [0.1, 0.15) is 84.3 Å². The Balaban J connectivity index is 0.878. The van der Waals surface area contributed by atoms with Crippen molar-refractivity contribution >= 4 is 11.9 Å². The van der Waals surface area contributed by atoms with Crippen molar-refractivity contribution in [2.75, 3.05) is 26.4 Å². The number of carboxylic acid groups (broad SMARTS) is 1. The summed E-state index contributed by atoms with van der Waals surface area (Å²) in [4.78, 5) is 27.5. The Morgan fingerprint density at radius 2 is 1.24 bits per heavy atom. The zero-order chi connectivity index (χ0) is 64.0. The van der Waals surface area contributed by atoms with Crippen LogP contribution in [-0.2, 0) is 57.0 Å². The highest BCUT2D eigenvalue weighted by atomic mass is 16.8. The summed E-state index contributed by atoms with van der Waals surface area (Å²) in [6.07, 6.45) is -41.8. The normalized spacial score (nSPS) is 55.8. The van der Waals surface area contributed by atoms with Gasteiger partial charge < -0.3 is 139 Å². The molecule has 87 heavy (non-hydrogen) atoms. The largest absolute Gasteiger partial charge is 0.479 e. The Hall–Kier alpha value is -2.36. The first-order chi connectivity index (χ1) is 40.5. The van der Waals surface area contributed by atoms with Crippen molar-refractivity contribution in [1.29, 1.82) is 0 Å². The van der Waals surface area contributed by atoms with Crippen LogP contribution in [0.15, 0.2) is 11.6 Å². The van der Waals surface area contributed by atoms with E-state index in [1.54, 1.807) is 6.92 Å². The lowest BCUT2D eigenvalue weighted by Gasteiger charge is -2.73. The van der Waals surface area contributed by atoms with Gasteiger partial charge in [-0.25, -0.2) is 4.79 Å². The summed E-state index contributed by atoms with van der Waals surface area (Å²) in [6, 6.07) is 0. The number of hydrogen-bond acceptors (Lipinski definition) is 29. The van der Waals surface area contributed by atoms with E-state index in [0.29, 0.717) is 19.3 Å². The summed E-state index contributed by atoms with van der Waals surface area (Å²) >= 11 is 0. The molecular weight excluding hydrogens is 1160 g/mol. The lowest BCUT2D eigenvalue weighted by Crippen LogP contribution is -2.73. The highest BCUT2D eigenvalue weighted by molar-refractivity contribution is 5.80. The summed E-state index contributed by atoms with van der Waals surface area (Å²) in [6.45, 7) is 10.2. The summed E-state index contributed by atoms with van der Waals surface area (Å²) in [7, 11) is 0. The molecule has 10 rings (SSSR count). The zero-order valence-electron chi connectivity index (χ0n) is 49.5. The van der Waals surface area contributed by atoms with Crippen LogP contribution >= 0.6 is 0 Å². The lowest BCUT2D eigenvalue weighted by molar-refractivity contribution is -0.388. The zero-order valence-corrected chi connectivity index (χ0v) is 49.5. The third kappa shape index (κ3) is 10.8. The van der Waals surface area contributed by atoms with Crippen molar-refractivity contribution in [3.8, 4) is 0 Å². The molecule has 34 atom stereocenters. The molecule has 5 aliphatic heterocycles. The Morgan fingerprint density at radius 1 is 0.609 bits per heavy atom. The second-order valence-electron chi connectivity index (χ2n) is 28.3. The Bertz CT molecular complexity index is 2530. The molecule has 5 aliphatic carbocycles. The van der Waals surface area contributed by atoms with Gasteiger partial charge in [0, 0.05) is 11.3 Å². The van der Waals surface area contributed by atoms with Crippen molar-refractivity contribution in [3.63, 3.8) is 0 Å². The van der Waals surface area contributed by atoms with Crippen molar-refractivity contribution in [3.05, 3.63) is 11.6 Å². The van der Waals surface area contributed by atoms with Crippen molar-refractivity contribution in [1.82, 2.24) is 0 Å². The van der Waals surface area contributed by atoms with Gasteiger partial charge in [-0.2, -0.15) is 0 Å². The minimum atomic E-state index is -2.18. The van der Waals surface area contributed by atoms with Gasteiger partial charge in [-0.05, 0) is 85.4 Å². The number of aliphatic hydroxyl groups excluding tert-OH is 16. The van der Waals surface area contributed by atoms with Crippen LogP contribution in [0.25, 0.3) is 0 Å². The molecule has 10 aliphatic rings. The maximum atomic E-state index is 15.5. The van der Waals surface area contributed by atoms with E-state index in [1.165, 1.54) is 6.92 Å². The van der Waals surface area contributed by atoms with Crippen LogP contribution in [0.5, 0.6) is 0 Å². The molecule has 4 saturated carbocycles. The lowest BCUT2D eigenvalue weighted by atomic mass is 9.32. The van der Waals surface area contributed by atoms with E-state index in [9.17, 15) is 96.7 Å². The second-order valence-corrected chi connectivity index (χ2v) is 28.3. The van der Waals surface area contributed by atoms with E-state index >= 15 is 4.79 Å². The van der Waals surface area contributed by atoms with E-state index < -0.39 is 248 Å². The molecule has 30 heteroatoms. The maximum absolute atomic E-state index is 15.5. The van der Waals surface area contributed by atoms with Crippen LogP contribution in [0.2, 0.25) is 0 Å². The Labute approximate surface area is 500 Å². The molecule has 0 amide bonds.